The molecule has 0 saturated carbocycles. The van der Waals surface area contributed by atoms with Gasteiger partial charge in [-0.25, -0.2) is 9.07 Å². The largest absolute Gasteiger partial charge is 0.238 e. The van der Waals surface area contributed by atoms with Crippen LogP contribution in [0.4, 0.5) is 4.39 Å². The van der Waals surface area contributed by atoms with Gasteiger partial charge in [0.05, 0.1) is 16.9 Å². The first-order valence-corrected chi connectivity index (χ1v) is 5.74. The maximum Gasteiger partial charge on any atom is 0.141 e. The first-order valence-electron chi connectivity index (χ1n) is 4.73. The molecule has 16 heavy (non-hydrogen) atoms. The fourth-order valence-electron chi connectivity index (χ4n) is 1.48. The molecule has 5 heteroatoms. The van der Waals surface area contributed by atoms with Crippen molar-refractivity contribution in [2.24, 2.45) is 0 Å². The molecule has 0 aliphatic heterocycles. The number of halogens is 2. The van der Waals surface area contributed by atoms with Crippen LogP contribution in [-0.2, 0) is 5.75 Å². The summed E-state index contributed by atoms with van der Waals surface area (Å²) in [5.74, 6) is 0.199. The van der Waals surface area contributed by atoms with E-state index in [1.54, 1.807) is 23.0 Å². The lowest BCUT2D eigenvalue weighted by atomic mass is 10.2. The molecule has 0 N–H and O–H groups in total. The van der Waals surface area contributed by atoms with E-state index in [4.69, 9.17) is 11.6 Å². The van der Waals surface area contributed by atoms with Crippen molar-refractivity contribution in [1.82, 2.24) is 9.78 Å². The van der Waals surface area contributed by atoms with Crippen molar-refractivity contribution in [1.29, 1.82) is 0 Å². The van der Waals surface area contributed by atoms with E-state index in [0.717, 1.165) is 16.9 Å². The van der Waals surface area contributed by atoms with Crippen LogP contribution in [0.2, 0.25) is 5.02 Å². The van der Waals surface area contributed by atoms with Gasteiger partial charge in [0.1, 0.15) is 5.82 Å². The van der Waals surface area contributed by atoms with Crippen molar-refractivity contribution in [2.75, 3.05) is 0 Å². The SMILES string of the molecule is Cc1c(CS)cnn1-c1ccc(F)c(Cl)c1. The summed E-state index contributed by atoms with van der Waals surface area (Å²) in [4.78, 5) is 0. The van der Waals surface area contributed by atoms with Crippen molar-refractivity contribution >= 4 is 24.2 Å². The maximum absolute atomic E-state index is 13.0. The van der Waals surface area contributed by atoms with E-state index in [1.165, 1.54) is 6.07 Å². The highest BCUT2D eigenvalue weighted by atomic mass is 35.5. The zero-order valence-electron chi connectivity index (χ0n) is 8.61. The Morgan fingerprint density at radius 3 is 2.81 bits per heavy atom. The van der Waals surface area contributed by atoms with Crippen LogP contribution in [-0.4, -0.2) is 9.78 Å². The lowest BCUT2D eigenvalue weighted by molar-refractivity contribution is 0.627. The highest BCUT2D eigenvalue weighted by molar-refractivity contribution is 7.79. The Balaban J connectivity index is 2.50. The summed E-state index contributed by atoms with van der Waals surface area (Å²) < 4.78 is 14.7. The number of hydrogen-bond donors (Lipinski definition) is 1. The Morgan fingerprint density at radius 1 is 1.50 bits per heavy atom. The average Bonchev–Trinajstić information content (AvgIpc) is 2.64. The van der Waals surface area contributed by atoms with Gasteiger partial charge >= 0.3 is 0 Å². The Hall–Kier alpha value is -1.00. The molecular weight excluding hydrogens is 247 g/mol. The van der Waals surface area contributed by atoms with Crippen LogP contribution in [0.3, 0.4) is 0 Å². The van der Waals surface area contributed by atoms with Gasteiger partial charge in [-0.05, 0) is 25.1 Å². The Kier molecular flexibility index (Phi) is 3.21. The minimum Gasteiger partial charge on any atom is -0.238 e. The Labute approximate surface area is 103 Å². The normalized spacial score (nSPS) is 10.8. The Bertz CT molecular complexity index is 525. The standard InChI is InChI=1S/C11H10ClFN2S/c1-7-8(6-16)5-14-15(7)9-2-3-11(13)10(12)4-9/h2-5,16H,6H2,1H3. The van der Waals surface area contributed by atoms with E-state index in [1.807, 2.05) is 6.92 Å². The molecule has 0 radical (unpaired) electrons. The molecule has 1 aromatic heterocycles. The van der Waals surface area contributed by atoms with Gasteiger partial charge in [0.2, 0.25) is 0 Å². The third-order valence-corrected chi connectivity index (χ3v) is 3.06. The highest BCUT2D eigenvalue weighted by Gasteiger charge is 2.08. The lowest BCUT2D eigenvalue weighted by Gasteiger charge is -2.05. The topological polar surface area (TPSA) is 17.8 Å². The molecule has 2 nitrogen and oxygen atoms in total. The van der Waals surface area contributed by atoms with Crippen LogP contribution in [0, 0.1) is 12.7 Å². The molecule has 1 aromatic carbocycles. The average molecular weight is 257 g/mol. The van der Waals surface area contributed by atoms with Crippen LogP contribution in [0.25, 0.3) is 5.69 Å². The smallest absolute Gasteiger partial charge is 0.141 e. The molecule has 0 amide bonds. The molecule has 0 unspecified atom stereocenters. The number of rotatable bonds is 2. The van der Waals surface area contributed by atoms with Gasteiger partial charge in [0.15, 0.2) is 0 Å². The van der Waals surface area contributed by atoms with E-state index >= 15 is 0 Å². The summed E-state index contributed by atoms with van der Waals surface area (Å²) in [5.41, 5.74) is 2.78. The predicted molar refractivity (Wildman–Crippen MR) is 66.0 cm³/mol. The second kappa shape index (κ2) is 4.47. The quantitative estimate of drug-likeness (QED) is 0.816. The van der Waals surface area contributed by atoms with Gasteiger partial charge in [-0.15, -0.1) is 0 Å². The van der Waals surface area contributed by atoms with E-state index in [9.17, 15) is 4.39 Å². The second-order valence-corrected chi connectivity index (χ2v) is 4.15. The predicted octanol–water partition coefficient (Wildman–Crippen LogP) is 3.40. The monoisotopic (exact) mass is 256 g/mol. The molecule has 0 bridgehead atoms. The van der Waals surface area contributed by atoms with Gasteiger partial charge in [0.25, 0.3) is 0 Å². The molecule has 0 saturated heterocycles. The molecular formula is C11H10ClFN2S. The molecule has 0 atom stereocenters. The van der Waals surface area contributed by atoms with Gasteiger partial charge in [-0.1, -0.05) is 11.6 Å². The first kappa shape index (κ1) is 11.5. The fraction of sp³-hybridized carbons (Fsp3) is 0.182. The summed E-state index contributed by atoms with van der Waals surface area (Å²) in [5, 5.41) is 4.31. The van der Waals surface area contributed by atoms with Crippen molar-refractivity contribution in [3.8, 4) is 5.69 Å². The first-order chi connectivity index (χ1) is 7.63. The van der Waals surface area contributed by atoms with E-state index in [0.29, 0.717) is 5.75 Å². The van der Waals surface area contributed by atoms with Crippen molar-refractivity contribution in [2.45, 2.75) is 12.7 Å². The molecule has 2 rings (SSSR count). The number of thiol groups is 1. The summed E-state index contributed by atoms with van der Waals surface area (Å²) in [6, 6.07) is 4.53. The lowest BCUT2D eigenvalue weighted by Crippen LogP contribution is -1.99. The molecule has 0 aliphatic rings. The van der Waals surface area contributed by atoms with Crippen LogP contribution < -0.4 is 0 Å². The Morgan fingerprint density at radius 2 is 2.25 bits per heavy atom. The minimum absolute atomic E-state index is 0.0971. The van der Waals surface area contributed by atoms with E-state index < -0.39 is 5.82 Å². The molecule has 84 valence electrons. The van der Waals surface area contributed by atoms with Crippen LogP contribution in [0.15, 0.2) is 24.4 Å². The summed E-state index contributed by atoms with van der Waals surface area (Å²) in [6.45, 7) is 1.94. The second-order valence-electron chi connectivity index (χ2n) is 3.42. The number of aromatic nitrogens is 2. The molecule has 2 aromatic rings. The summed E-state index contributed by atoms with van der Waals surface area (Å²) in [6.07, 6.45) is 1.75. The van der Waals surface area contributed by atoms with Gasteiger partial charge < -0.3 is 0 Å². The van der Waals surface area contributed by atoms with Gasteiger partial charge in [0, 0.05) is 17.0 Å². The van der Waals surface area contributed by atoms with Gasteiger partial charge in [-0.2, -0.15) is 17.7 Å². The summed E-state index contributed by atoms with van der Waals surface area (Å²) in [7, 11) is 0. The minimum atomic E-state index is -0.426. The van der Waals surface area contributed by atoms with Gasteiger partial charge in [-0.3, -0.25) is 0 Å². The number of nitrogens with zero attached hydrogens (tertiary/aromatic N) is 2. The van der Waals surface area contributed by atoms with E-state index in [-0.39, 0.29) is 5.02 Å². The van der Waals surface area contributed by atoms with Crippen LogP contribution in [0.5, 0.6) is 0 Å². The van der Waals surface area contributed by atoms with Crippen molar-refractivity contribution < 1.29 is 4.39 Å². The zero-order valence-corrected chi connectivity index (χ0v) is 10.3. The zero-order chi connectivity index (χ0) is 11.7. The number of benzene rings is 1. The molecule has 0 spiro atoms. The molecule has 0 fully saturated rings. The highest BCUT2D eigenvalue weighted by Crippen LogP contribution is 2.21. The van der Waals surface area contributed by atoms with Crippen LogP contribution in [0.1, 0.15) is 11.3 Å². The van der Waals surface area contributed by atoms with Crippen molar-refractivity contribution in [3.05, 3.63) is 46.5 Å². The third-order valence-electron chi connectivity index (χ3n) is 2.43. The van der Waals surface area contributed by atoms with Crippen LogP contribution >= 0.6 is 24.2 Å². The number of hydrogen-bond acceptors (Lipinski definition) is 2. The van der Waals surface area contributed by atoms with Crippen molar-refractivity contribution in [3.63, 3.8) is 0 Å². The fourth-order valence-corrected chi connectivity index (χ4v) is 1.96. The maximum atomic E-state index is 13.0. The summed E-state index contributed by atoms with van der Waals surface area (Å²) >= 11 is 9.93. The molecule has 0 aliphatic carbocycles. The molecule has 1 heterocycles. The van der Waals surface area contributed by atoms with E-state index in [2.05, 4.69) is 17.7 Å². The third kappa shape index (κ3) is 1.95.